The summed E-state index contributed by atoms with van der Waals surface area (Å²) >= 11 is 0. The molecule has 3 heteroatoms. The number of hydrogen-bond donors (Lipinski definition) is 1. The molecule has 0 spiro atoms. The number of nitrogens with zero attached hydrogens (tertiary/aromatic N) is 1. The number of nitrogens with one attached hydrogen (secondary N) is 1. The SMILES string of the molecule is CN1C(=O)[C@H](C2CCCCC2)N[C@H]1C1CCCCC1. The molecule has 1 saturated heterocycles. The highest BCUT2D eigenvalue weighted by Gasteiger charge is 2.43. The Bertz CT molecular complexity index is 319. The van der Waals surface area contributed by atoms with Gasteiger partial charge in [-0.2, -0.15) is 0 Å². The summed E-state index contributed by atoms with van der Waals surface area (Å²) in [5, 5.41) is 3.71. The Hall–Kier alpha value is -0.570. The zero-order chi connectivity index (χ0) is 13.2. The molecule has 2 saturated carbocycles. The topological polar surface area (TPSA) is 32.3 Å². The number of carbonyl (C=O) groups is 1. The van der Waals surface area contributed by atoms with E-state index in [-0.39, 0.29) is 6.04 Å². The molecule has 0 aromatic heterocycles. The zero-order valence-electron chi connectivity index (χ0n) is 12.2. The van der Waals surface area contributed by atoms with Crippen molar-refractivity contribution in [1.29, 1.82) is 0 Å². The molecule has 108 valence electrons. The maximum absolute atomic E-state index is 12.5. The van der Waals surface area contributed by atoms with Gasteiger partial charge in [0, 0.05) is 7.05 Å². The first-order chi connectivity index (χ1) is 9.27. The van der Waals surface area contributed by atoms with Gasteiger partial charge in [0.05, 0.1) is 12.2 Å². The molecule has 0 unspecified atom stereocenters. The van der Waals surface area contributed by atoms with Crippen LogP contribution in [0.15, 0.2) is 0 Å². The number of amides is 1. The van der Waals surface area contributed by atoms with Crippen molar-refractivity contribution < 1.29 is 4.79 Å². The van der Waals surface area contributed by atoms with Gasteiger partial charge in [-0.05, 0) is 37.5 Å². The second kappa shape index (κ2) is 5.82. The van der Waals surface area contributed by atoms with Gasteiger partial charge in [0.1, 0.15) is 0 Å². The third-order valence-electron chi connectivity index (χ3n) is 5.60. The van der Waals surface area contributed by atoms with E-state index in [4.69, 9.17) is 0 Å². The van der Waals surface area contributed by atoms with Crippen LogP contribution in [0.3, 0.4) is 0 Å². The Balaban J connectivity index is 1.66. The van der Waals surface area contributed by atoms with Gasteiger partial charge in [-0.1, -0.05) is 38.5 Å². The third-order valence-corrected chi connectivity index (χ3v) is 5.60. The summed E-state index contributed by atoms with van der Waals surface area (Å²) in [6.07, 6.45) is 13.5. The number of likely N-dealkylation sites (N-methyl/N-ethyl adjacent to an activating group) is 1. The predicted molar refractivity (Wildman–Crippen MR) is 76.6 cm³/mol. The molecule has 1 amide bonds. The molecule has 19 heavy (non-hydrogen) atoms. The molecule has 0 radical (unpaired) electrons. The van der Waals surface area contributed by atoms with Crippen molar-refractivity contribution in [3.8, 4) is 0 Å². The average molecular weight is 264 g/mol. The molecule has 1 N–H and O–H groups in total. The van der Waals surface area contributed by atoms with Crippen LogP contribution in [0.4, 0.5) is 0 Å². The number of rotatable bonds is 2. The number of carbonyl (C=O) groups excluding carboxylic acids is 1. The Morgan fingerprint density at radius 1 is 0.895 bits per heavy atom. The Morgan fingerprint density at radius 3 is 2.00 bits per heavy atom. The predicted octanol–water partition coefficient (Wildman–Crippen LogP) is 2.90. The minimum atomic E-state index is 0.122. The van der Waals surface area contributed by atoms with Crippen molar-refractivity contribution in [2.75, 3.05) is 7.05 Å². The maximum atomic E-state index is 12.5. The van der Waals surface area contributed by atoms with Crippen LogP contribution in [-0.2, 0) is 4.79 Å². The van der Waals surface area contributed by atoms with Gasteiger partial charge < -0.3 is 4.90 Å². The highest BCUT2D eigenvalue weighted by atomic mass is 16.2. The van der Waals surface area contributed by atoms with E-state index < -0.39 is 0 Å². The fraction of sp³-hybridized carbons (Fsp3) is 0.938. The lowest BCUT2D eigenvalue weighted by Crippen LogP contribution is -2.43. The van der Waals surface area contributed by atoms with Crippen LogP contribution < -0.4 is 5.32 Å². The molecule has 1 aliphatic heterocycles. The summed E-state index contributed by atoms with van der Waals surface area (Å²) in [6, 6.07) is 0.122. The Kier molecular flexibility index (Phi) is 4.11. The molecule has 3 nitrogen and oxygen atoms in total. The standard InChI is InChI=1S/C16H28N2O/c1-18-15(13-10-6-3-7-11-13)17-14(16(18)19)12-8-4-2-5-9-12/h12-15,17H,2-11H2,1H3/t14-,15+/m0/s1. The molecule has 2 atom stereocenters. The van der Waals surface area contributed by atoms with E-state index in [1.54, 1.807) is 0 Å². The van der Waals surface area contributed by atoms with Gasteiger partial charge in [0.15, 0.2) is 0 Å². The van der Waals surface area contributed by atoms with Crippen molar-refractivity contribution in [3.05, 3.63) is 0 Å². The molecular weight excluding hydrogens is 236 g/mol. The molecule has 2 aliphatic carbocycles. The second-order valence-electron chi connectivity index (χ2n) is 6.83. The zero-order valence-corrected chi connectivity index (χ0v) is 12.2. The van der Waals surface area contributed by atoms with Crippen LogP contribution in [0.2, 0.25) is 0 Å². The lowest BCUT2D eigenvalue weighted by Gasteiger charge is -2.32. The van der Waals surface area contributed by atoms with Crippen molar-refractivity contribution in [2.45, 2.75) is 76.4 Å². The van der Waals surface area contributed by atoms with E-state index in [0.717, 1.165) is 0 Å². The van der Waals surface area contributed by atoms with Crippen LogP contribution in [0.5, 0.6) is 0 Å². The smallest absolute Gasteiger partial charge is 0.241 e. The maximum Gasteiger partial charge on any atom is 0.241 e. The molecule has 3 aliphatic rings. The third kappa shape index (κ3) is 2.67. The first-order valence-electron chi connectivity index (χ1n) is 8.30. The lowest BCUT2D eigenvalue weighted by molar-refractivity contribution is -0.130. The Morgan fingerprint density at radius 2 is 1.42 bits per heavy atom. The summed E-state index contributed by atoms with van der Waals surface area (Å²) < 4.78 is 0. The highest BCUT2D eigenvalue weighted by molar-refractivity contribution is 5.84. The minimum absolute atomic E-state index is 0.122. The minimum Gasteiger partial charge on any atom is -0.329 e. The van der Waals surface area contributed by atoms with Crippen molar-refractivity contribution in [2.24, 2.45) is 11.8 Å². The molecule has 0 aromatic carbocycles. The van der Waals surface area contributed by atoms with Crippen molar-refractivity contribution in [3.63, 3.8) is 0 Å². The molecule has 1 heterocycles. The summed E-state index contributed by atoms with van der Waals surface area (Å²) in [4.78, 5) is 14.5. The molecule has 0 aromatic rings. The molecule has 3 fully saturated rings. The van der Waals surface area contributed by atoms with Crippen molar-refractivity contribution in [1.82, 2.24) is 10.2 Å². The largest absolute Gasteiger partial charge is 0.329 e. The normalized spacial score (nSPS) is 35.0. The summed E-state index contributed by atoms with van der Waals surface area (Å²) in [5.74, 6) is 1.65. The van der Waals surface area contributed by atoms with Gasteiger partial charge in [-0.15, -0.1) is 0 Å². The van der Waals surface area contributed by atoms with Gasteiger partial charge in [-0.25, -0.2) is 0 Å². The van der Waals surface area contributed by atoms with Crippen molar-refractivity contribution >= 4 is 5.91 Å². The van der Waals surface area contributed by atoms with E-state index in [1.165, 1.54) is 64.2 Å². The van der Waals surface area contributed by atoms with E-state index in [9.17, 15) is 4.79 Å². The van der Waals surface area contributed by atoms with Gasteiger partial charge in [0.25, 0.3) is 0 Å². The van der Waals surface area contributed by atoms with Crippen LogP contribution in [0.1, 0.15) is 64.2 Å². The molecule has 3 rings (SSSR count). The fourth-order valence-electron chi connectivity index (χ4n) is 4.43. The van der Waals surface area contributed by atoms with Crippen LogP contribution >= 0.6 is 0 Å². The van der Waals surface area contributed by atoms with Gasteiger partial charge in [0.2, 0.25) is 5.91 Å². The second-order valence-corrected chi connectivity index (χ2v) is 6.83. The molecule has 0 bridgehead atoms. The number of hydrogen-bond acceptors (Lipinski definition) is 2. The first kappa shape index (κ1) is 13.4. The summed E-state index contributed by atoms with van der Waals surface area (Å²) in [5.41, 5.74) is 0. The van der Waals surface area contributed by atoms with Gasteiger partial charge >= 0.3 is 0 Å². The summed E-state index contributed by atoms with van der Waals surface area (Å²) in [6.45, 7) is 0. The summed E-state index contributed by atoms with van der Waals surface area (Å²) in [7, 11) is 2.01. The van der Waals surface area contributed by atoms with Crippen LogP contribution in [0.25, 0.3) is 0 Å². The first-order valence-corrected chi connectivity index (χ1v) is 8.30. The highest BCUT2D eigenvalue weighted by Crippen LogP contribution is 2.34. The average Bonchev–Trinajstić information content (AvgIpc) is 2.77. The fourth-order valence-corrected chi connectivity index (χ4v) is 4.43. The van der Waals surface area contributed by atoms with E-state index in [1.807, 2.05) is 11.9 Å². The lowest BCUT2D eigenvalue weighted by atomic mass is 9.83. The van der Waals surface area contributed by atoms with E-state index in [2.05, 4.69) is 5.32 Å². The van der Waals surface area contributed by atoms with E-state index >= 15 is 0 Å². The van der Waals surface area contributed by atoms with Crippen LogP contribution in [-0.4, -0.2) is 30.1 Å². The van der Waals surface area contributed by atoms with Crippen LogP contribution in [0, 0.1) is 11.8 Å². The Labute approximate surface area is 117 Å². The molecular formula is C16H28N2O. The van der Waals surface area contributed by atoms with Gasteiger partial charge in [-0.3, -0.25) is 10.1 Å². The monoisotopic (exact) mass is 264 g/mol. The quantitative estimate of drug-likeness (QED) is 0.831. The van der Waals surface area contributed by atoms with E-state index in [0.29, 0.717) is 23.9 Å².